The fraction of sp³-hybridized carbons (Fsp3) is 0.235. The molecule has 0 saturated carbocycles. The third-order valence-corrected chi connectivity index (χ3v) is 5.88. The Hall–Kier alpha value is -2.14. The first-order chi connectivity index (χ1) is 13.7. The highest BCUT2D eigenvalue weighted by atomic mass is 127. The first-order valence-electron chi connectivity index (χ1n) is 8.30. The van der Waals surface area contributed by atoms with Crippen LogP contribution in [0.3, 0.4) is 0 Å². The molecule has 0 bridgehead atoms. The molecule has 1 unspecified atom stereocenters. The lowest BCUT2D eigenvalue weighted by atomic mass is 10.1. The summed E-state index contributed by atoms with van der Waals surface area (Å²) in [4.78, 5) is 12.4. The molecule has 2 heterocycles. The fourth-order valence-corrected chi connectivity index (χ4v) is 4.36. The van der Waals surface area contributed by atoms with Crippen molar-refractivity contribution in [1.29, 1.82) is 0 Å². The molecular formula is C17H16F3IN5O2P. The smallest absolute Gasteiger partial charge is 0.405 e. The minimum atomic E-state index is -4.88. The molecular weight excluding hydrogens is 521 g/mol. The maximum atomic E-state index is 12.5. The third kappa shape index (κ3) is 5.08. The molecule has 3 rings (SSSR count). The standard InChI is InChI=1S/C17H16F3IN5O2P/c1-9-15(10(2)24-23-9)13-7-11(25-26(13)29-21)8-22-16(27)12-5-3-4-6-14(12)28-17(18,19)20/h3-7,29H,8H2,1-2H3,(H,22,27)(H,23,24). The average Bonchev–Trinajstić information content (AvgIpc) is 3.21. The molecule has 3 aromatic rings. The molecule has 29 heavy (non-hydrogen) atoms. The minimum Gasteiger partial charge on any atom is -0.405 e. The second kappa shape index (κ2) is 8.70. The number of para-hydroxylation sites is 1. The summed E-state index contributed by atoms with van der Waals surface area (Å²) in [5, 5.41) is 14.2. The van der Waals surface area contributed by atoms with Crippen LogP contribution >= 0.6 is 28.4 Å². The fourth-order valence-electron chi connectivity index (χ4n) is 2.82. The topological polar surface area (TPSA) is 84.8 Å². The van der Waals surface area contributed by atoms with Gasteiger partial charge in [-0.2, -0.15) is 10.2 Å². The number of hydrogen-bond donors (Lipinski definition) is 2. The maximum absolute atomic E-state index is 12.5. The molecule has 1 amide bonds. The summed E-state index contributed by atoms with van der Waals surface area (Å²) in [5.41, 5.74) is 3.88. The van der Waals surface area contributed by atoms with E-state index in [0.717, 1.165) is 28.7 Å². The summed E-state index contributed by atoms with van der Waals surface area (Å²) < 4.78 is 43.4. The normalized spacial score (nSPS) is 11.9. The second-order valence-electron chi connectivity index (χ2n) is 6.05. The number of ether oxygens (including phenoxy) is 1. The maximum Gasteiger partial charge on any atom is 0.573 e. The van der Waals surface area contributed by atoms with Crippen molar-refractivity contribution in [3.8, 4) is 17.0 Å². The number of nitrogens with zero attached hydrogens (tertiary/aromatic N) is 3. The minimum absolute atomic E-state index is 0.0518. The Morgan fingerprint density at radius 2 is 2.07 bits per heavy atom. The summed E-state index contributed by atoms with van der Waals surface area (Å²) in [6, 6.07) is 7.02. The molecule has 12 heteroatoms. The van der Waals surface area contributed by atoms with Crippen LogP contribution in [0.1, 0.15) is 27.4 Å². The molecule has 7 nitrogen and oxygen atoms in total. The van der Waals surface area contributed by atoms with E-state index in [2.05, 4.69) is 47.4 Å². The number of carbonyl (C=O) groups excluding carboxylic acids is 1. The van der Waals surface area contributed by atoms with E-state index in [4.69, 9.17) is 0 Å². The van der Waals surface area contributed by atoms with Gasteiger partial charge in [0.05, 0.1) is 35.6 Å². The molecule has 0 aliphatic heterocycles. The van der Waals surface area contributed by atoms with E-state index in [0.29, 0.717) is 12.1 Å². The number of amides is 1. The van der Waals surface area contributed by atoms with Gasteiger partial charge in [-0.3, -0.25) is 9.89 Å². The van der Waals surface area contributed by atoms with Gasteiger partial charge in [-0.05, 0) is 54.1 Å². The number of nitrogens with one attached hydrogen (secondary N) is 2. The molecule has 2 N–H and O–H groups in total. The number of benzene rings is 1. The Labute approximate surface area is 178 Å². The zero-order valence-electron chi connectivity index (χ0n) is 15.3. The van der Waals surface area contributed by atoms with E-state index in [1.807, 2.05) is 19.9 Å². The number of rotatable bonds is 6. The molecule has 0 aliphatic rings. The van der Waals surface area contributed by atoms with Gasteiger partial charge < -0.3 is 10.1 Å². The van der Waals surface area contributed by atoms with E-state index in [-0.39, 0.29) is 12.1 Å². The van der Waals surface area contributed by atoms with Gasteiger partial charge in [0, 0.05) is 11.3 Å². The number of carbonyl (C=O) groups is 1. The Balaban J connectivity index is 1.79. The highest BCUT2D eigenvalue weighted by Crippen LogP contribution is 2.34. The lowest BCUT2D eigenvalue weighted by Crippen LogP contribution is -2.25. The summed E-state index contributed by atoms with van der Waals surface area (Å²) in [6.07, 6.45) is -4.56. The number of aromatic amines is 1. The SMILES string of the molecule is Cc1n[nH]c(C)c1-c1cc(CNC(=O)c2ccccc2OC(F)(F)F)nn1PI. The van der Waals surface area contributed by atoms with Crippen molar-refractivity contribution in [1.82, 2.24) is 25.1 Å². The number of aromatic nitrogens is 4. The Morgan fingerprint density at radius 1 is 1.34 bits per heavy atom. The van der Waals surface area contributed by atoms with Crippen LogP contribution in [0.5, 0.6) is 5.75 Å². The van der Waals surface area contributed by atoms with Crippen molar-refractivity contribution in [2.45, 2.75) is 26.8 Å². The first kappa shape index (κ1) is 21.6. The van der Waals surface area contributed by atoms with Gasteiger partial charge in [0.15, 0.2) is 0 Å². The Morgan fingerprint density at radius 3 is 2.69 bits per heavy atom. The van der Waals surface area contributed by atoms with E-state index < -0.39 is 18.0 Å². The lowest BCUT2D eigenvalue weighted by Gasteiger charge is -2.12. The van der Waals surface area contributed by atoms with Gasteiger partial charge >= 0.3 is 6.36 Å². The first-order valence-corrected chi connectivity index (χ1v) is 12.4. The highest BCUT2D eigenvalue weighted by molar-refractivity contribution is 14.2. The van der Waals surface area contributed by atoms with Gasteiger partial charge in [0.2, 0.25) is 0 Å². The summed E-state index contributed by atoms with van der Waals surface area (Å²) in [6.45, 7) is 3.84. The molecule has 1 atom stereocenters. The molecule has 0 saturated heterocycles. The lowest BCUT2D eigenvalue weighted by molar-refractivity contribution is -0.274. The Kier molecular flexibility index (Phi) is 6.47. The largest absolute Gasteiger partial charge is 0.573 e. The van der Waals surface area contributed by atoms with Gasteiger partial charge in [-0.25, -0.2) is 4.45 Å². The summed E-state index contributed by atoms with van der Waals surface area (Å²) in [7, 11) is 0. The van der Waals surface area contributed by atoms with E-state index in [9.17, 15) is 18.0 Å². The molecule has 2 aromatic heterocycles. The second-order valence-corrected chi connectivity index (χ2v) is 8.09. The predicted molar refractivity (Wildman–Crippen MR) is 111 cm³/mol. The van der Waals surface area contributed by atoms with E-state index >= 15 is 0 Å². The summed E-state index contributed by atoms with van der Waals surface area (Å²) >= 11 is 2.20. The van der Waals surface area contributed by atoms with Crippen molar-refractivity contribution in [3.05, 3.63) is 53.0 Å². The van der Waals surface area contributed by atoms with Crippen LogP contribution in [0.2, 0.25) is 0 Å². The monoisotopic (exact) mass is 537 g/mol. The number of aryl methyl sites for hydroxylation is 2. The van der Waals surface area contributed by atoms with Crippen LogP contribution in [-0.2, 0) is 6.54 Å². The zero-order valence-corrected chi connectivity index (χ0v) is 18.4. The van der Waals surface area contributed by atoms with Gasteiger partial charge in [-0.15, -0.1) is 13.2 Å². The molecule has 1 aromatic carbocycles. The predicted octanol–water partition coefficient (Wildman–Crippen LogP) is 4.51. The summed E-state index contributed by atoms with van der Waals surface area (Å²) in [5.74, 6) is -1.24. The van der Waals surface area contributed by atoms with Crippen molar-refractivity contribution < 1.29 is 22.7 Å². The van der Waals surface area contributed by atoms with Crippen molar-refractivity contribution in [2.24, 2.45) is 0 Å². The van der Waals surface area contributed by atoms with Crippen LogP contribution in [-0.4, -0.2) is 32.0 Å². The van der Waals surface area contributed by atoms with Crippen molar-refractivity contribution in [2.75, 3.05) is 0 Å². The quantitative estimate of drug-likeness (QED) is 0.358. The van der Waals surface area contributed by atoms with Crippen LogP contribution in [0.25, 0.3) is 11.3 Å². The molecule has 0 radical (unpaired) electrons. The van der Waals surface area contributed by atoms with Crippen LogP contribution < -0.4 is 10.1 Å². The zero-order chi connectivity index (χ0) is 21.2. The third-order valence-electron chi connectivity index (χ3n) is 4.01. The molecule has 0 fully saturated rings. The van der Waals surface area contributed by atoms with E-state index in [1.54, 1.807) is 4.45 Å². The molecule has 0 aliphatic carbocycles. The van der Waals surface area contributed by atoms with Gasteiger partial charge in [0.1, 0.15) is 5.75 Å². The number of halogens is 4. The Bertz CT molecular complexity index is 1010. The van der Waals surface area contributed by atoms with Crippen LogP contribution in [0.4, 0.5) is 13.2 Å². The van der Waals surface area contributed by atoms with E-state index in [1.165, 1.54) is 18.2 Å². The molecule has 0 spiro atoms. The van der Waals surface area contributed by atoms with Gasteiger partial charge in [0.25, 0.3) is 5.91 Å². The number of hydrogen-bond acceptors (Lipinski definition) is 4. The van der Waals surface area contributed by atoms with Crippen molar-refractivity contribution in [3.63, 3.8) is 0 Å². The van der Waals surface area contributed by atoms with Crippen LogP contribution in [0, 0.1) is 13.8 Å². The number of H-pyrrole nitrogens is 1. The van der Waals surface area contributed by atoms with Crippen molar-refractivity contribution >= 4 is 34.3 Å². The van der Waals surface area contributed by atoms with Gasteiger partial charge in [-0.1, -0.05) is 12.1 Å². The van der Waals surface area contributed by atoms with Crippen LogP contribution in [0.15, 0.2) is 30.3 Å². The molecule has 154 valence electrons. The average molecular weight is 537 g/mol. The number of alkyl halides is 3. The highest BCUT2D eigenvalue weighted by Gasteiger charge is 2.32.